The zero-order chi connectivity index (χ0) is 23.7. The Morgan fingerprint density at radius 3 is 2.61 bits per heavy atom. The van der Waals surface area contributed by atoms with Crippen molar-refractivity contribution in [2.45, 2.75) is 58.6 Å². The van der Waals surface area contributed by atoms with Crippen molar-refractivity contribution in [1.29, 1.82) is 0 Å². The van der Waals surface area contributed by atoms with Gasteiger partial charge in [-0.3, -0.25) is 14.3 Å². The molecule has 3 heterocycles. The van der Waals surface area contributed by atoms with Crippen molar-refractivity contribution < 1.29 is 9.84 Å². The third kappa shape index (κ3) is 4.68. The molecule has 0 bridgehead atoms. The predicted octanol–water partition coefficient (Wildman–Crippen LogP) is 2.29. The van der Waals surface area contributed by atoms with Crippen molar-refractivity contribution in [2.24, 2.45) is 7.05 Å². The van der Waals surface area contributed by atoms with Gasteiger partial charge < -0.3 is 19.3 Å². The van der Waals surface area contributed by atoms with Crippen LogP contribution in [-0.2, 0) is 13.6 Å². The third-order valence-electron chi connectivity index (χ3n) is 6.24. The Morgan fingerprint density at radius 2 is 1.91 bits per heavy atom. The van der Waals surface area contributed by atoms with Gasteiger partial charge in [0.2, 0.25) is 5.95 Å². The monoisotopic (exact) mass is 455 g/mol. The average molecular weight is 456 g/mol. The molecule has 1 aliphatic heterocycles. The summed E-state index contributed by atoms with van der Waals surface area (Å²) in [7, 11) is 1.59. The number of aliphatic hydroxyl groups excluding tert-OH is 1. The summed E-state index contributed by atoms with van der Waals surface area (Å²) >= 11 is 0. The summed E-state index contributed by atoms with van der Waals surface area (Å²) in [5.74, 6) is 1.66. The van der Waals surface area contributed by atoms with Crippen LogP contribution in [0.5, 0.6) is 5.75 Å². The van der Waals surface area contributed by atoms with E-state index < -0.39 is 17.4 Å². The van der Waals surface area contributed by atoms with Gasteiger partial charge in [-0.2, -0.15) is 4.98 Å². The normalized spacial score (nSPS) is 15.4. The van der Waals surface area contributed by atoms with Crippen molar-refractivity contribution in [3.05, 3.63) is 50.2 Å². The largest absolute Gasteiger partial charge is 0.491 e. The van der Waals surface area contributed by atoms with Gasteiger partial charge in [0.1, 0.15) is 18.5 Å². The number of nitrogens with one attached hydrogen (secondary N) is 1. The van der Waals surface area contributed by atoms with Gasteiger partial charge in [0, 0.05) is 20.1 Å². The second kappa shape index (κ2) is 9.43. The molecule has 0 aliphatic carbocycles. The maximum absolute atomic E-state index is 12.7. The van der Waals surface area contributed by atoms with Gasteiger partial charge in [0.05, 0.1) is 6.54 Å². The van der Waals surface area contributed by atoms with Gasteiger partial charge in [-0.05, 0) is 49.3 Å². The summed E-state index contributed by atoms with van der Waals surface area (Å²) in [5, 5.41) is 10.9. The van der Waals surface area contributed by atoms with Crippen molar-refractivity contribution in [3.63, 3.8) is 0 Å². The number of piperidine rings is 1. The Labute approximate surface area is 192 Å². The molecular weight excluding hydrogens is 422 g/mol. The highest BCUT2D eigenvalue weighted by Crippen LogP contribution is 2.28. The highest BCUT2D eigenvalue weighted by Gasteiger charge is 2.24. The molecule has 178 valence electrons. The topological polar surface area (TPSA) is 105 Å². The van der Waals surface area contributed by atoms with Crippen molar-refractivity contribution in [1.82, 2.24) is 19.1 Å². The fourth-order valence-corrected chi connectivity index (χ4v) is 4.42. The van der Waals surface area contributed by atoms with E-state index in [1.54, 1.807) is 11.6 Å². The van der Waals surface area contributed by atoms with Crippen molar-refractivity contribution in [2.75, 3.05) is 24.6 Å². The van der Waals surface area contributed by atoms with Crippen LogP contribution in [0.15, 0.2) is 27.8 Å². The molecular formula is C24H33N5O4. The molecule has 33 heavy (non-hydrogen) atoms. The molecule has 1 aliphatic rings. The number of fused-ring (bicyclic) bond motifs is 1. The smallest absolute Gasteiger partial charge is 0.329 e. The highest BCUT2D eigenvalue weighted by molar-refractivity contribution is 5.74. The van der Waals surface area contributed by atoms with Crippen LogP contribution >= 0.6 is 0 Å². The molecule has 1 saturated heterocycles. The van der Waals surface area contributed by atoms with Gasteiger partial charge in [-0.1, -0.05) is 26.0 Å². The first kappa shape index (κ1) is 23.1. The first-order valence-electron chi connectivity index (χ1n) is 11.6. The average Bonchev–Trinajstić information content (AvgIpc) is 3.16. The Bertz CT molecular complexity index is 1250. The van der Waals surface area contributed by atoms with Gasteiger partial charge in [0.25, 0.3) is 5.56 Å². The van der Waals surface area contributed by atoms with Gasteiger partial charge >= 0.3 is 5.69 Å². The predicted molar refractivity (Wildman–Crippen MR) is 128 cm³/mol. The summed E-state index contributed by atoms with van der Waals surface area (Å²) in [6.07, 6.45) is 2.36. The number of hydrogen-bond donors (Lipinski definition) is 2. The number of ether oxygens (including phenoxy) is 1. The maximum atomic E-state index is 12.7. The first-order chi connectivity index (χ1) is 15.8. The molecule has 2 aromatic heterocycles. The van der Waals surface area contributed by atoms with E-state index in [1.165, 1.54) is 4.57 Å². The Kier molecular flexibility index (Phi) is 6.60. The van der Waals surface area contributed by atoms with Crippen LogP contribution in [0, 0.1) is 6.92 Å². The minimum atomic E-state index is -0.872. The van der Waals surface area contributed by atoms with Crippen molar-refractivity contribution >= 4 is 17.1 Å². The van der Waals surface area contributed by atoms with E-state index in [1.807, 2.05) is 13.0 Å². The van der Waals surface area contributed by atoms with E-state index in [-0.39, 0.29) is 18.7 Å². The molecule has 3 aromatic rings. The number of H-pyrrole nitrogens is 1. The van der Waals surface area contributed by atoms with Gasteiger partial charge in [0.15, 0.2) is 11.2 Å². The molecule has 1 atom stereocenters. The summed E-state index contributed by atoms with van der Waals surface area (Å²) in [6.45, 7) is 8.07. The molecule has 4 rings (SSSR count). The lowest BCUT2D eigenvalue weighted by atomic mass is 10.0. The Morgan fingerprint density at radius 1 is 1.18 bits per heavy atom. The number of aromatic nitrogens is 4. The summed E-state index contributed by atoms with van der Waals surface area (Å²) in [5.41, 5.74) is 1.77. The molecule has 9 nitrogen and oxygen atoms in total. The number of rotatable bonds is 7. The maximum Gasteiger partial charge on any atom is 0.329 e. The minimum Gasteiger partial charge on any atom is -0.491 e. The van der Waals surface area contributed by atoms with Crippen LogP contribution in [0.1, 0.15) is 50.2 Å². The molecule has 0 radical (unpaired) electrons. The fraction of sp³-hybridized carbons (Fsp3) is 0.542. The summed E-state index contributed by atoms with van der Waals surface area (Å²) in [4.78, 5) is 34.0. The van der Waals surface area contributed by atoms with Crippen LogP contribution in [0.25, 0.3) is 11.2 Å². The van der Waals surface area contributed by atoms with E-state index in [4.69, 9.17) is 4.74 Å². The van der Waals surface area contributed by atoms with Crippen LogP contribution in [0.2, 0.25) is 0 Å². The van der Waals surface area contributed by atoms with Crippen LogP contribution in [-0.4, -0.2) is 50.0 Å². The van der Waals surface area contributed by atoms with Crippen LogP contribution < -0.4 is 20.9 Å². The van der Waals surface area contributed by atoms with Crippen molar-refractivity contribution in [3.8, 4) is 5.75 Å². The summed E-state index contributed by atoms with van der Waals surface area (Å²) in [6, 6.07) is 6.09. The lowest BCUT2D eigenvalue weighted by Crippen LogP contribution is -2.34. The van der Waals surface area contributed by atoms with Crippen LogP contribution in [0.3, 0.4) is 0 Å². The second-order valence-corrected chi connectivity index (χ2v) is 9.22. The SMILES string of the molecule is Cc1ccc(C(C)C)c(OCC(O)Cn2c(N3CCCCC3)nc3c2c(=O)[nH]c(=O)n3C)c1. The molecule has 0 spiro atoms. The number of benzene rings is 1. The highest BCUT2D eigenvalue weighted by atomic mass is 16.5. The first-order valence-corrected chi connectivity index (χ1v) is 11.6. The standard InChI is InChI=1S/C24H33N5O4/c1-15(2)18-9-8-16(3)12-19(18)33-14-17(30)13-29-20-21(27(4)24(32)26-22(20)31)25-23(29)28-10-6-5-7-11-28/h8-9,12,15,17,30H,5-7,10-11,13-14H2,1-4H3,(H,26,31,32). The number of anilines is 1. The molecule has 9 heteroatoms. The van der Waals surface area contributed by atoms with E-state index in [0.29, 0.717) is 17.5 Å². The lowest BCUT2D eigenvalue weighted by Gasteiger charge is -2.28. The third-order valence-corrected chi connectivity index (χ3v) is 6.24. The number of hydrogen-bond acceptors (Lipinski definition) is 6. The second-order valence-electron chi connectivity index (χ2n) is 9.22. The van der Waals surface area contributed by atoms with Gasteiger partial charge in [-0.25, -0.2) is 4.79 Å². The zero-order valence-electron chi connectivity index (χ0n) is 19.8. The quantitative estimate of drug-likeness (QED) is 0.566. The molecule has 0 amide bonds. The Hall–Kier alpha value is -3.07. The summed E-state index contributed by atoms with van der Waals surface area (Å²) < 4.78 is 9.09. The number of aryl methyl sites for hydroxylation is 2. The van der Waals surface area contributed by atoms with E-state index in [0.717, 1.165) is 49.2 Å². The molecule has 1 unspecified atom stereocenters. The number of aromatic amines is 1. The zero-order valence-corrected chi connectivity index (χ0v) is 19.8. The van der Waals surface area contributed by atoms with E-state index in [9.17, 15) is 14.7 Å². The number of nitrogens with zero attached hydrogens (tertiary/aromatic N) is 4. The van der Waals surface area contributed by atoms with Crippen LogP contribution in [0.4, 0.5) is 5.95 Å². The number of aliphatic hydroxyl groups is 1. The Balaban J connectivity index is 1.65. The minimum absolute atomic E-state index is 0.0754. The molecule has 1 aromatic carbocycles. The number of imidazole rings is 1. The van der Waals surface area contributed by atoms with E-state index in [2.05, 4.69) is 40.8 Å². The molecule has 0 saturated carbocycles. The van der Waals surface area contributed by atoms with E-state index >= 15 is 0 Å². The fourth-order valence-electron chi connectivity index (χ4n) is 4.42. The lowest BCUT2D eigenvalue weighted by molar-refractivity contribution is 0.0929. The molecule has 1 fully saturated rings. The van der Waals surface area contributed by atoms with Gasteiger partial charge in [-0.15, -0.1) is 0 Å². The molecule has 2 N–H and O–H groups in total.